The fourth-order valence-corrected chi connectivity index (χ4v) is 5.21. The number of allylic oxidation sites excluding steroid dienone is 2. The van der Waals surface area contributed by atoms with E-state index in [1.807, 2.05) is 6.07 Å². The maximum absolute atomic E-state index is 15.2. The summed E-state index contributed by atoms with van der Waals surface area (Å²) in [4.78, 5) is 0. The van der Waals surface area contributed by atoms with Gasteiger partial charge in [-0.3, -0.25) is 0 Å². The minimum Gasteiger partial charge on any atom is -0.206 e. The third-order valence-electron chi connectivity index (χ3n) is 6.77. The van der Waals surface area contributed by atoms with Gasteiger partial charge in [0.25, 0.3) is 0 Å². The van der Waals surface area contributed by atoms with Crippen LogP contribution in [0.1, 0.15) is 50.2 Å². The predicted octanol–water partition coefficient (Wildman–Crippen LogP) is 7.26. The van der Waals surface area contributed by atoms with Crippen molar-refractivity contribution in [3.8, 4) is 11.1 Å². The molecule has 28 heavy (non-hydrogen) atoms. The SMILES string of the molecule is C/C=C/C1CCC(C2CCc3c(ccc(-c4ccc(F)c(F)c4)c3F)C2)CC1. The lowest BCUT2D eigenvalue weighted by atomic mass is 9.69. The second kappa shape index (κ2) is 8.14. The Kier molecular flexibility index (Phi) is 5.61. The Labute approximate surface area is 165 Å². The monoisotopic (exact) mass is 384 g/mol. The van der Waals surface area contributed by atoms with Crippen LogP contribution < -0.4 is 0 Å². The molecule has 2 aromatic carbocycles. The van der Waals surface area contributed by atoms with Crippen molar-refractivity contribution in [3.63, 3.8) is 0 Å². The molecule has 148 valence electrons. The molecule has 0 spiro atoms. The van der Waals surface area contributed by atoms with Crippen molar-refractivity contribution in [1.29, 1.82) is 0 Å². The second-order valence-corrected chi connectivity index (χ2v) is 8.40. The van der Waals surface area contributed by atoms with Gasteiger partial charge in [-0.25, -0.2) is 13.2 Å². The summed E-state index contributed by atoms with van der Waals surface area (Å²) >= 11 is 0. The van der Waals surface area contributed by atoms with Crippen molar-refractivity contribution >= 4 is 0 Å². The molecule has 2 aliphatic carbocycles. The van der Waals surface area contributed by atoms with Crippen molar-refractivity contribution in [3.05, 3.63) is 71.1 Å². The summed E-state index contributed by atoms with van der Waals surface area (Å²) < 4.78 is 41.9. The third kappa shape index (κ3) is 3.76. The number of benzene rings is 2. The van der Waals surface area contributed by atoms with Gasteiger partial charge in [0.05, 0.1) is 0 Å². The van der Waals surface area contributed by atoms with Gasteiger partial charge in [0.15, 0.2) is 11.6 Å². The van der Waals surface area contributed by atoms with E-state index in [0.29, 0.717) is 17.0 Å². The molecule has 0 N–H and O–H groups in total. The van der Waals surface area contributed by atoms with Gasteiger partial charge in [0.2, 0.25) is 0 Å². The van der Waals surface area contributed by atoms with Crippen LogP contribution in [0.25, 0.3) is 11.1 Å². The fraction of sp³-hybridized carbons (Fsp3) is 0.440. The molecule has 0 nitrogen and oxygen atoms in total. The van der Waals surface area contributed by atoms with Crippen molar-refractivity contribution in [2.75, 3.05) is 0 Å². The Morgan fingerprint density at radius 1 is 0.857 bits per heavy atom. The summed E-state index contributed by atoms with van der Waals surface area (Å²) in [6, 6.07) is 7.30. The molecule has 1 fully saturated rings. The highest BCUT2D eigenvalue weighted by Crippen LogP contribution is 2.41. The van der Waals surface area contributed by atoms with Crippen LogP contribution in [0.15, 0.2) is 42.5 Å². The Hall–Kier alpha value is -2.03. The number of rotatable bonds is 3. The maximum atomic E-state index is 15.2. The first kappa shape index (κ1) is 19.3. The van der Waals surface area contributed by atoms with Crippen LogP contribution in [0.5, 0.6) is 0 Å². The Morgan fingerprint density at radius 2 is 1.64 bits per heavy atom. The lowest BCUT2D eigenvalue weighted by molar-refractivity contribution is 0.205. The first-order chi connectivity index (χ1) is 13.6. The van der Waals surface area contributed by atoms with E-state index in [1.54, 1.807) is 6.07 Å². The Balaban J connectivity index is 1.51. The standard InChI is InChI=1S/C25H27F3/c1-2-3-16-4-6-17(7-5-16)18-8-11-21-19(14-18)9-12-22(25(21)28)20-10-13-23(26)24(27)15-20/h2-3,9-10,12-13,15-18H,4-8,11,14H2,1H3/b3-2+. The van der Waals surface area contributed by atoms with E-state index in [9.17, 15) is 8.78 Å². The van der Waals surface area contributed by atoms with Crippen LogP contribution in [-0.2, 0) is 12.8 Å². The predicted molar refractivity (Wildman–Crippen MR) is 108 cm³/mol. The zero-order chi connectivity index (χ0) is 19.7. The molecule has 0 saturated heterocycles. The van der Waals surface area contributed by atoms with E-state index in [2.05, 4.69) is 19.1 Å². The summed E-state index contributed by atoms with van der Waals surface area (Å²) in [6.07, 6.45) is 12.3. The smallest absolute Gasteiger partial charge is 0.159 e. The van der Waals surface area contributed by atoms with E-state index in [4.69, 9.17) is 0 Å². The molecule has 1 atom stereocenters. The van der Waals surface area contributed by atoms with Crippen LogP contribution in [0, 0.1) is 35.2 Å². The number of hydrogen-bond donors (Lipinski definition) is 0. The van der Waals surface area contributed by atoms with Gasteiger partial charge in [0, 0.05) is 5.56 Å². The largest absolute Gasteiger partial charge is 0.206 e. The van der Waals surface area contributed by atoms with Crippen LogP contribution in [0.4, 0.5) is 13.2 Å². The molecule has 0 amide bonds. The first-order valence-electron chi connectivity index (χ1n) is 10.4. The Morgan fingerprint density at radius 3 is 2.36 bits per heavy atom. The van der Waals surface area contributed by atoms with Crippen LogP contribution in [0.3, 0.4) is 0 Å². The number of fused-ring (bicyclic) bond motifs is 1. The fourth-order valence-electron chi connectivity index (χ4n) is 5.21. The van der Waals surface area contributed by atoms with Gasteiger partial charge in [0.1, 0.15) is 5.82 Å². The van der Waals surface area contributed by atoms with Crippen molar-refractivity contribution in [1.82, 2.24) is 0 Å². The minimum atomic E-state index is -0.941. The van der Waals surface area contributed by atoms with Crippen LogP contribution >= 0.6 is 0 Å². The average Bonchev–Trinajstić information content (AvgIpc) is 2.71. The summed E-state index contributed by atoms with van der Waals surface area (Å²) in [6.45, 7) is 2.09. The lowest BCUT2D eigenvalue weighted by Crippen LogP contribution is -2.26. The molecule has 4 rings (SSSR count). The van der Waals surface area contributed by atoms with Crippen LogP contribution in [-0.4, -0.2) is 0 Å². The number of halogens is 3. The van der Waals surface area contributed by atoms with Gasteiger partial charge in [-0.2, -0.15) is 0 Å². The quantitative estimate of drug-likeness (QED) is 0.489. The van der Waals surface area contributed by atoms with E-state index in [-0.39, 0.29) is 5.82 Å². The molecule has 0 heterocycles. The first-order valence-corrected chi connectivity index (χ1v) is 10.4. The molecule has 0 radical (unpaired) electrons. The van der Waals surface area contributed by atoms with Gasteiger partial charge < -0.3 is 0 Å². The minimum absolute atomic E-state index is 0.265. The normalized spacial score (nSPS) is 25.1. The van der Waals surface area contributed by atoms with Gasteiger partial charge >= 0.3 is 0 Å². The molecular weight excluding hydrogens is 357 g/mol. The molecule has 0 bridgehead atoms. The molecule has 1 saturated carbocycles. The van der Waals surface area contributed by atoms with Crippen LogP contribution in [0.2, 0.25) is 0 Å². The zero-order valence-electron chi connectivity index (χ0n) is 16.4. The van der Waals surface area contributed by atoms with E-state index >= 15 is 4.39 Å². The summed E-state index contributed by atoms with van der Waals surface area (Å²) in [5.74, 6) is -0.0135. The van der Waals surface area contributed by atoms with Gasteiger partial charge in [-0.15, -0.1) is 0 Å². The maximum Gasteiger partial charge on any atom is 0.159 e. The summed E-state index contributed by atoms with van der Waals surface area (Å²) in [5.41, 5.74) is 2.61. The van der Waals surface area contributed by atoms with Crippen molar-refractivity contribution < 1.29 is 13.2 Å². The Bertz CT molecular complexity index is 876. The number of hydrogen-bond acceptors (Lipinski definition) is 0. The molecule has 1 unspecified atom stereocenters. The highest BCUT2D eigenvalue weighted by Gasteiger charge is 2.31. The summed E-state index contributed by atoms with van der Waals surface area (Å²) in [5, 5.41) is 0. The van der Waals surface area contributed by atoms with Gasteiger partial charge in [-0.05, 0) is 98.4 Å². The van der Waals surface area contributed by atoms with E-state index < -0.39 is 11.6 Å². The molecular formula is C25H27F3. The van der Waals surface area contributed by atoms with Crippen molar-refractivity contribution in [2.24, 2.45) is 17.8 Å². The van der Waals surface area contributed by atoms with E-state index in [1.165, 1.54) is 31.7 Å². The zero-order valence-corrected chi connectivity index (χ0v) is 16.4. The lowest BCUT2D eigenvalue weighted by Gasteiger charge is -2.36. The summed E-state index contributed by atoms with van der Waals surface area (Å²) in [7, 11) is 0. The third-order valence-corrected chi connectivity index (χ3v) is 6.77. The molecule has 0 aliphatic heterocycles. The molecule has 2 aromatic rings. The van der Waals surface area contributed by atoms with Crippen molar-refractivity contribution in [2.45, 2.75) is 51.9 Å². The molecule has 3 heteroatoms. The highest BCUT2D eigenvalue weighted by molar-refractivity contribution is 5.66. The van der Waals surface area contributed by atoms with E-state index in [0.717, 1.165) is 54.4 Å². The molecule has 2 aliphatic rings. The van der Waals surface area contributed by atoms with Gasteiger partial charge in [-0.1, -0.05) is 30.4 Å². The molecule has 0 aromatic heterocycles. The second-order valence-electron chi connectivity index (χ2n) is 8.40. The topological polar surface area (TPSA) is 0 Å². The average molecular weight is 384 g/mol. The highest BCUT2D eigenvalue weighted by atomic mass is 19.2.